The third-order valence-corrected chi connectivity index (χ3v) is 5.64. The Hall–Kier alpha value is -0.260. The van der Waals surface area contributed by atoms with Gasteiger partial charge in [0.15, 0.2) is 0 Å². The van der Waals surface area contributed by atoms with Crippen molar-refractivity contribution in [1.29, 1.82) is 0 Å². The van der Waals surface area contributed by atoms with Crippen molar-refractivity contribution in [2.75, 3.05) is 0 Å². The summed E-state index contributed by atoms with van der Waals surface area (Å²) in [6.07, 6.45) is 8.32. The lowest BCUT2D eigenvalue weighted by atomic mass is 9.74. The fourth-order valence-electron chi connectivity index (χ4n) is 4.56. The standard InChI is InChI=1S/C15H24/c1-10-5-6-13-12(10)9-14(2,3)7-11-8-15(11,13)4/h5,11-13H,6-9H2,1-4H3. The summed E-state index contributed by atoms with van der Waals surface area (Å²) in [6, 6.07) is 0. The Kier molecular flexibility index (Phi) is 1.79. The fourth-order valence-corrected chi connectivity index (χ4v) is 4.56. The lowest BCUT2D eigenvalue weighted by molar-refractivity contribution is 0.225. The molecule has 0 spiro atoms. The van der Waals surface area contributed by atoms with Crippen LogP contribution in [0.4, 0.5) is 0 Å². The molecule has 0 aromatic heterocycles. The van der Waals surface area contributed by atoms with Crippen LogP contribution in [0.2, 0.25) is 0 Å². The molecular formula is C15H24. The highest BCUT2D eigenvalue weighted by molar-refractivity contribution is 5.22. The van der Waals surface area contributed by atoms with E-state index in [2.05, 4.69) is 33.8 Å². The van der Waals surface area contributed by atoms with Gasteiger partial charge in [-0.05, 0) is 61.2 Å². The zero-order valence-electron chi connectivity index (χ0n) is 10.6. The van der Waals surface area contributed by atoms with Crippen molar-refractivity contribution in [3.05, 3.63) is 11.6 Å². The maximum absolute atomic E-state index is 2.56. The van der Waals surface area contributed by atoms with Crippen molar-refractivity contribution in [2.45, 2.75) is 53.4 Å². The minimum atomic E-state index is 0.585. The number of hydrogen-bond acceptors (Lipinski definition) is 0. The molecule has 0 radical (unpaired) electrons. The number of allylic oxidation sites excluding steroid dienone is 2. The van der Waals surface area contributed by atoms with Gasteiger partial charge in [0.2, 0.25) is 0 Å². The van der Waals surface area contributed by atoms with Crippen molar-refractivity contribution in [1.82, 2.24) is 0 Å². The lowest BCUT2D eigenvalue weighted by Crippen LogP contribution is -2.22. The summed E-state index contributed by atoms with van der Waals surface area (Å²) in [6.45, 7) is 9.90. The predicted octanol–water partition coefficient (Wildman–Crippen LogP) is 4.42. The number of fused-ring (bicyclic) bond motifs is 3. The van der Waals surface area contributed by atoms with Crippen molar-refractivity contribution >= 4 is 0 Å². The average Bonchev–Trinajstić information content (AvgIpc) is 2.59. The first-order valence-corrected chi connectivity index (χ1v) is 6.59. The van der Waals surface area contributed by atoms with E-state index in [9.17, 15) is 0 Å². The molecule has 0 heterocycles. The van der Waals surface area contributed by atoms with E-state index in [-0.39, 0.29) is 0 Å². The highest BCUT2D eigenvalue weighted by atomic mass is 14.6. The molecule has 0 nitrogen and oxygen atoms in total. The van der Waals surface area contributed by atoms with E-state index < -0.39 is 0 Å². The molecular weight excluding hydrogens is 180 g/mol. The Morgan fingerprint density at radius 1 is 1.13 bits per heavy atom. The van der Waals surface area contributed by atoms with Gasteiger partial charge in [-0.2, -0.15) is 0 Å². The summed E-state index contributed by atoms with van der Waals surface area (Å²) in [5.41, 5.74) is 3.00. The third-order valence-electron chi connectivity index (χ3n) is 5.64. The first-order valence-electron chi connectivity index (χ1n) is 6.59. The zero-order valence-corrected chi connectivity index (χ0v) is 10.6. The molecule has 2 fully saturated rings. The molecule has 0 amide bonds. The van der Waals surface area contributed by atoms with Crippen molar-refractivity contribution in [2.24, 2.45) is 28.6 Å². The van der Waals surface area contributed by atoms with E-state index in [4.69, 9.17) is 0 Å². The van der Waals surface area contributed by atoms with Crippen LogP contribution in [0.5, 0.6) is 0 Å². The summed E-state index contributed by atoms with van der Waals surface area (Å²) in [5, 5.41) is 0. The molecule has 3 aliphatic rings. The van der Waals surface area contributed by atoms with Crippen LogP contribution < -0.4 is 0 Å². The second kappa shape index (κ2) is 2.70. The van der Waals surface area contributed by atoms with Gasteiger partial charge in [-0.25, -0.2) is 0 Å². The van der Waals surface area contributed by atoms with Gasteiger partial charge < -0.3 is 0 Å². The molecule has 0 aromatic carbocycles. The minimum absolute atomic E-state index is 0.585. The highest BCUT2D eigenvalue weighted by Gasteiger charge is 2.60. The summed E-state index contributed by atoms with van der Waals surface area (Å²) in [4.78, 5) is 0. The predicted molar refractivity (Wildman–Crippen MR) is 64.6 cm³/mol. The van der Waals surface area contributed by atoms with Gasteiger partial charge in [0.05, 0.1) is 0 Å². The Balaban J connectivity index is 1.95. The van der Waals surface area contributed by atoms with Gasteiger partial charge in [-0.15, -0.1) is 0 Å². The Labute approximate surface area is 94.1 Å². The van der Waals surface area contributed by atoms with Crippen molar-refractivity contribution in [3.8, 4) is 0 Å². The van der Waals surface area contributed by atoms with E-state index >= 15 is 0 Å². The normalized spacial score (nSPS) is 51.5. The molecule has 4 atom stereocenters. The second-order valence-electron chi connectivity index (χ2n) is 7.38. The molecule has 84 valence electrons. The molecule has 0 aliphatic heterocycles. The van der Waals surface area contributed by atoms with Gasteiger partial charge in [-0.3, -0.25) is 0 Å². The molecule has 0 bridgehead atoms. The first kappa shape index (κ1) is 9.93. The first-order chi connectivity index (χ1) is 6.92. The fraction of sp³-hybridized carbons (Fsp3) is 0.867. The lowest BCUT2D eigenvalue weighted by Gasteiger charge is -2.30. The molecule has 3 rings (SSSR count). The third kappa shape index (κ3) is 1.33. The van der Waals surface area contributed by atoms with E-state index in [0.717, 1.165) is 17.8 Å². The quantitative estimate of drug-likeness (QED) is 0.513. The summed E-state index contributed by atoms with van der Waals surface area (Å²) >= 11 is 0. The highest BCUT2D eigenvalue weighted by Crippen LogP contribution is 2.69. The maximum Gasteiger partial charge on any atom is -0.0164 e. The maximum atomic E-state index is 2.56. The van der Waals surface area contributed by atoms with E-state index in [1.165, 1.54) is 25.7 Å². The Morgan fingerprint density at radius 2 is 1.87 bits per heavy atom. The molecule has 3 aliphatic carbocycles. The van der Waals surface area contributed by atoms with Crippen LogP contribution in [0, 0.1) is 28.6 Å². The van der Waals surface area contributed by atoms with Crippen LogP contribution in [-0.4, -0.2) is 0 Å². The number of rotatable bonds is 0. The average molecular weight is 204 g/mol. The molecule has 4 unspecified atom stereocenters. The second-order valence-corrected chi connectivity index (χ2v) is 7.38. The van der Waals surface area contributed by atoms with Crippen molar-refractivity contribution in [3.63, 3.8) is 0 Å². The Bertz CT molecular complexity index is 323. The molecule has 0 N–H and O–H groups in total. The molecule has 0 aromatic rings. The van der Waals surface area contributed by atoms with Crippen molar-refractivity contribution < 1.29 is 0 Å². The van der Waals surface area contributed by atoms with Gasteiger partial charge in [0, 0.05) is 0 Å². The molecule has 0 heteroatoms. The van der Waals surface area contributed by atoms with E-state index in [0.29, 0.717) is 10.8 Å². The van der Waals surface area contributed by atoms with Gasteiger partial charge in [0.1, 0.15) is 0 Å². The van der Waals surface area contributed by atoms with Crippen LogP contribution in [-0.2, 0) is 0 Å². The van der Waals surface area contributed by atoms with Gasteiger partial charge in [0.25, 0.3) is 0 Å². The number of hydrogen-bond donors (Lipinski definition) is 0. The van der Waals surface area contributed by atoms with E-state index in [1.54, 1.807) is 5.57 Å². The summed E-state index contributed by atoms with van der Waals surface area (Å²) in [7, 11) is 0. The molecule has 2 saturated carbocycles. The van der Waals surface area contributed by atoms with Crippen LogP contribution in [0.1, 0.15) is 53.4 Å². The van der Waals surface area contributed by atoms with Crippen LogP contribution in [0.15, 0.2) is 11.6 Å². The topological polar surface area (TPSA) is 0 Å². The van der Waals surface area contributed by atoms with Crippen LogP contribution in [0.25, 0.3) is 0 Å². The van der Waals surface area contributed by atoms with Gasteiger partial charge in [-0.1, -0.05) is 32.4 Å². The summed E-state index contributed by atoms with van der Waals surface area (Å²) in [5.74, 6) is 2.95. The van der Waals surface area contributed by atoms with Crippen LogP contribution in [0.3, 0.4) is 0 Å². The smallest absolute Gasteiger partial charge is 0.0164 e. The van der Waals surface area contributed by atoms with Gasteiger partial charge >= 0.3 is 0 Å². The molecule has 0 saturated heterocycles. The Morgan fingerprint density at radius 3 is 2.60 bits per heavy atom. The zero-order chi connectivity index (χ0) is 10.8. The monoisotopic (exact) mass is 204 g/mol. The SMILES string of the molecule is CC1=CCC2C1CC(C)(C)CC1CC12C. The van der Waals surface area contributed by atoms with E-state index in [1.807, 2.05) is 0 Å². The summed E-state index contributed by atoms with van der Waals surface area (Å²) < 4.78 is 0. The largest absolute Gasteiger partial charge is 0.0850 e. The minimum Gasteiger partial charge on any atom is -0.0850 e. The molecule has 15 heavy (non-hydrogen) atoms. The van der Waals surface area contributed by atoms with Crippen LogP contribution >= 0.6 is 0 Å².